The number of halogens is 3. The normalized spacial score (nSPS) is 21.5. The van der Waals surface area contributed by atoms with E-state index in [1.807, 2.05) is 0 Å². The maximum atomic E-state index is 12.7. The summed E-state index contributed by atoms with van der Waals surface area (Å²) in [6, 6.07) is 0.558. The van der Waals surface area contributed by atoms with Crippen molar-refractivity contribution >= 4 is 17.7 Å². The molecule has 1 aliphatic rings. The van der Waals surface area contributed by atoms with E-state index in [9.17, 15) is 22.8 Å². The number of H-pyrrole nitrogens is 1. The van der Waals surface area contributed by atoms with E-state index in [2.05, 4.69) is 16.9 Å². The molecule has 1 aliphatic carbocycles. The summed E-state index contributed by atoms with van der Waals surface area (Å²) in [5.74, 6) is 0.159. The molecule has 2 rings (SSSR count). The number of alkyl halides is 3. The molecule has 0 spiro atoms. The van der Waals surface area contributed by atoms with Crippen LogP contribution in [-0.4, -0.2) is 39.6 Å². The van der Waals surface area contributed by atoms with Crippen molar-refractivity contribution in [2.75, 3.05) is 12.8 Å². The van der Waals surface area contributed by atoms with Gasteiger partial charge in [0.25, 0.3) is 5.56 Å². The zero-order chi connectivity index (χ0) is 17.9. The SMILES string of the molecule is CC1CCCCC1N(C)C(=O)CSc1nc(C(F)(F)F)cc(=O)[nH]1. The van der Waals surface area contributed by atoms with Crippen LogP contribution in [0.3, 0.4) is 0 Å². The minimum atomic E-state index is -4.69. The van der Waals surface area contributed by atoms with E-state index >= 15 is 0 Å². The number of carbonyl (C=O) groups excluding carboxylic acids is 1. The average Bonchev–Trinajstić information content (AvgIpc) is 2.51. The maximum absolute atomic E-state index is 12.7. The van der Waals surface area contributed by atoms with Crippen LogP contribution < -0.4 is 5.56 Å². The number of hydrogen-bond acceptors (Lipinski definition) is 4. The fraction of sp³-hybridized carbons (Fsp3) is 0.667. The highest BCUT2D eigenvalue weighted by molar-refractivity contribution is 7.99. The van der Waals surface area contributed by atoms with Crippen LogP contribution >= 0.6 is 11.8 Å². The molecule has 1 fully saturated rings. The van der Waals surface area contributed by atoms with Gasteiger partial charge in [0.1, 0.15) is 0 Å². The topological polar surface area (TPSA) is 66.1 Å². The predicted octanol–water partition coefficient (Wildman–Crippen LogP) is 2.92. The Hall–Kier alpha value is -1.51. The smallest absolute Gasteiger partial charge is 0.342 e. The molecule has 2 atom stereocenters. The van der Waals surface area contributed by atoms with E-state index in [0.717, 1.165) is 37.4 Å². The summed E-state index contributed by atoms with van der Waals surface area (Å²) in [5, 5.41) is -0.201. The van der Waals surface area contributed by atoms with Gasteiger partial charge in [-0.2, -0.15) is 13.2 Å². The lowest BCUT2D eigenvalue weighted by atomic mass is 9.85. The Morgan fingerprint density at radius 1 is 1.42 bits per heavy atom. The van der Waals surface area contributed by atoms with Crippen molar-refractivity contribution in [1.82, 2.24) is 14.9 Å². The Bertz CT molecular complexity index is 648. The number of carbonyl (C=O) groups is 1. The summed E-state index contributed by atoms with van der Waals surface area (Å²) in [4.78, 5) is 30.9. The van der Waals surface area contributed by atoms with E-state index < -0.39 is 17.4 Å². The van der Waals surface area contributed by atoms with Crippen LogP contribution in [0, 0.1) is 5.92 Å². The zero-order valence-corrected chi connectivity index (χ0v) is 14.3. The first-order chi connectivity index (χ1) is 11.2. The number of thioether (sulfide) groups is 1. The number of nitrogens with zero attached hydrogens (tertiary/aromatic N) is 2. The van der Waals surface area contributed by atoms with Crippen LogP contribution in [0.1, 0.15) is 38.3 Å². The molecule has 1 aromatic rings. The summed E-state index contributed by atoms with van der Waals surface area (Å²) < 4.78 is 38.0. The molecule has 0 bridgehead atoms. The number of aromatic nitrogens is 2. The molecule has 1 heterocycles. The Balaban J connectivity index is 2.01. The van der Waals surface area contributed by atoms with Gasteiger partial charge in [0.05, 0.1) is 5.75 Å². The van der Waals surface area contributed by atoms with Gasteiger partial charge in [-0.1, -0.05) is 31.5 Å². The fourth-order valence-corrected chi connectivity index (χ4v) is 3.74. The minimum Gasteiger partial charge on any atom is -0.342 e. The van der Waals surface area contributed by atoms with Crippen molar-refractivity contribution in [3.8, 4) is 0 Å². The number of rotatable bonds is 4. The highest BCUT2D eigenvalue weighted by Crippen LogP contribution is 2.29. The lowest BCUT2D eigenvalue weighted by molar-refractivity contribution is -0.141. The van der Waals surface area contributed by atoms with Crippen molar-refractivity contribution < 1.29 is 18.0 Å². The number of aromatic amines is 1. The summed E-state index contributed by atoms with van der Waals surface area (Å²) >= 11 is 0.809. The van der Waals surface area contributed by atoms with Gasteiger partial charge in [-0.05, 0) is 18.8 Å². The number of amides is 1. The second-order valence-electron chi connectivity index (χ2n) is 6.06. The Morgan fingerprint density at radius 2 is 2.08 bits per heavy atom. The lowest BCUT2D eigenvalue weighted by Crippen LogP contribution is -2.43. The van der Waals surface area contributed by atoms with Gasteiger partial charge < -0.3 is 9.88 Å². The van der Waals surface area contributed by atoms with E-state index in [0.29, 0.717) is 12.0 Å². The van der Waals surface area contributed by atoms with Gasteiger partial charge in [0.2, 0.25) is 5.91 Å². The van der Waals surface area contributed by atoms with Crippen LogP contribution in [0.15, 0.2) is 16.0 Å². The fourth-order valence-electron chi connectivity index (χ4n) is 2.94. The lowest BCUT2D eigenvalue weighted by Gasteiger charge is -2.36. The molecule has 1 saturated carbocycles. The first kappa shape index (κ1) is 18.8. The van der Waals surface area contributed by atoms with Gasteiger partial charge in [0, 0.05) is 19.2 Å². The van der Waals surface area contributed by atoms with E-state index in [-0.39, 0.29) is 22.9 Å². The molecular formula is C15H20F3N3O2S. The van der Waals surface area contributed by atoms with E-state index in [4.69, 9.17) is 0 Å². The molecule has 24 heavy (non-hydrogen) atoms. The Morgan fingerprint density at radius 3 is 2.71 bits per heavy atom. The van der Waals surface area contributed by atoms with Crippen LogP contribution in [0.2, 0.25) is 0 Å². The van der Waals surface area contributed by atoms with Gasteiger partial charge in [-0.15, -0.1) is 0 Å². The maximum Gasteiger partial charge on any atom is 0.433 e. The standard InChI is InChI=1S/C15H20F3N3O2S/c1-9-5-3-4-6-10(9)21(2)13(23)8-24-14-19-11(15(16,17)18)7-12(22)20-14/h7,9-10H,3-6,8H2,1-2H3,(H,19,20,22). The second-order valence-corrected chi connectivity index (χ2v) is 7.02. The van der Waals surface area contributed by atoms with Crippen LogP contribution in [0.5, 0.6) is 0 Å². The molecule has 134 valence electrons. The zero-order valence-electron chi connectivity index (χ0n) is 13.5. The quantitative estimate of drug-likeness (QED) is 0.660. The summed E-state index contributed by atoms with van der Waals surface area (Å²) in [7, 11) is 1.72. The van der Waals surface area contributed by atoms with Crippen molar-refractivity contribution in [1.29, 1.82) is 0 Å². The van der Waals surface area contributed by atoms with Gasteiger partial charge in [-0.25, -0.2) is 4.98 Å². The number of hydrogen-bond donors (Lipinski definition) is 1. The molecule has 1 aromatic heterocycles. The van der Waals surface area contributed by atoms with Crippen LogP contribution in [-0.2, 0) is 11.0 Å². The molecule has 0 saturated heterocycles. The molecule has 1 N–H and O–H groups in total. The molecule has 0 radical (unpaired) electrons. The first-order valence-electron chi connectivity index (χ1n) is 7.75. The monoisotopic (exact) mass is 363 g/mol. The highest BCUT2D eigenvalue weighted by atomic mass is 32.2. The van der Waals surface area contributed by atoms with Crippen LogP contribution in [0.25, 0.3) is 0 Å². The van der Waals surface area contributed by atoms with Gasteiger partial charge >= 0.3 is 6.18 Å². The van der Waals surface area contributed by atoms with Crippen molar-refractivity contribution in [2.45, 2.75) is 50.0 Å². The molecule has 9 heteroatoms. The predicted molar refractivity (Wildman–Crippen MR) is 84.8 cm³/mol. The van der Waals surface area contributed by atoms with Gasteiger partial charge in [0.15, 0.2) is 10.9 Å². The largest absolute Gasteiger partial charge is 0.433 e. The van der Waals surface area contributed by atoms with E-state index in [1.165, 1.54) is 0 Å². The minimum absolute atomic E-state index is 0.0655. The van der Waals surface area contributed by atoms with Crippen LogP contribution in [0.4, 0.5) is 13.2 Å². The summed E-state index contributed by atoms with van der Waals surface area (Å²) in [5.41, 5.74) is -2.14. The Kier molecular flexibility index (Phi) is 5.95. The first-order valence-corrected chi connectivity index (χ1v) is 8.74. The highest BCUT2D eigenvalue weighted by Gasteiger charge is 2.33. The molecule has 5 nitrogen and oxygen atoms in total. The number of nitrogens with one attached hydrogen (secondary N) is 1. The molecule has 0 aliphatic heterocycles. The Labute approximate surface area is 142 Å². The third kappa shape index (κ3) is 4.75. The third-order valence-corrected chi connectivity index (χ3v) is 5.16. The molecule has 2 unspecified atom stereocenters. The van der Waals surface area contributed by atoms with E-state index in [1.54, 1.807) is 11.9 Å². The third-order valence-electron chi connectivity index (χ3n) is 4.30. The molecule has 0 aromatic carbocycles. The molecular weight excluding hydrogens is 343 g/mol. The second kappa shape index (κ2) is 7.58. The van der Waals surface area contributed by atoms with Crippen molar-refractivity contribution in [3.63, 3.8) is 0 Å². The average molecular weight is 363 g/mol. The van der Waals surface area contributed by atoms with Crippen molar-refractivity contribution in [3.05, 3.63) is 22.1 Å². The molecule has 1 amide bonds. The summed E-state index contributed by atoms with van der Waals surface area (Å²) in [6.07, 6.45) is -0.460. The van der Waals surface area contributed by atoms with Gasteiger partial charge in [-0.3, -0.25) is 9.59 Å². The summed E-state index contributed by atoms with van der Waals surface area (Å²) in [6.45, 7) is 2.10. The van der Waals surface area contributed by atoms with Crippen molar-refractivity contribution in [2.24, 2.45) is 5.92 Å².